The monoisotopic (exact) mass is 352 g/mol. The van der Waals surface area contributed by atoms with Crippen LogP contribution in [-0.2, 0) is 22.4 Å². The van der Waals surface area contributed by atoms with Crippen molar-refractivity contribution in [1.29, 1.82) is 0 Å². The van der Waals surface area contributed by atoms with Gasteiger partial charge in [0.15, 0.2) is 0 Å². The molecule has 1 aliphatic carbocycles. The second-order valence-electron chi connectivity index (χ2n) is 7.31. The second-order valence-corrected chi connectivity index (χ2v) is 8.28. The molecule has 0 saturated heterocycles. The number of rotatable bonds is 5. The highest BCUT2D eigenvalue weighted by molar-refractivity contribution is 7.10. The number of carboxylic acids is 1. The molecule has 3 N–H and O–H groups in total. The average molecular weight is 352 g/mol. The van der Waals surface area contributed by atoms with Gasteiger partial charge >= 0.3 is 5.97 Å². The van der Waals surface area contributed by atoms with Crippen LogP contribution in [0.5, 0.6) is 0 Å². The van der Waals surface area contributed by atoms with Crippen molar-refractivity contribution in [3.63, 3.8) is 0 Å². The van der Waals surface area contributed by atoms with Crippen LogP contribution < -0.4 is 10.9 Å². The summed E-state index contributed by atoms with van der Waals surface area (Å²) in [6, 6.07) is 0. The number of aliphatic carboxylic acids is 1. The molecule has 0 bridgehead atoms. The van der Waals surface area contributed by atoms with Crippen LogP contribution >= 0.6 is 11.3 Å². The smallest absolute Gasteiger partial charge is 0.303 e. The lowest BCUT2D eigenvalue weighted by atomic mass is 9.85. The molecular formula is C17H24N2O4S. The van der Waals surface area contributed by atoms with Crippen LogP contribution in [0.25, 0.3) is 0 Å². The number of amides is 2. The molecule has 2 amide bonds. The Balaban J connectivity index is 1.90. The minimum Gasteiger partial charge on any atom is -0.481 e. The first-order valence-electron chi connectivity index (χ1n) is 8.08. The van der Waals surface area contributed by atoms with E-state index < -0.39 is 17.3 Å². The number of carbonyl (C=O) groups excluding carboxylic acids is 2. The molecule has 2 rings (SSSR count). The molecule has 6 nitrogen and oxygen atoms in total. The van der Waals surface area contributed by atoms with Crippen LogP contribution in [0, 0.1) is 11.3 Å². The predicted molar refractivity (Wildman–Crippen MR) is 91.8 cm³/mol. The average Bonchev–Trinajstić information content (AvgIpc) is 2.85. The number of hydrazine groups is 1. The molecule has 1 aliphatic rings. The van der Waals surface area contributed by atoms with Crippen molar-refractivity contribution in [1.82, 2.24) is 10.9 Å². The maximum Gasteiger partial charge on any atom is 0.303 e. The molecule has 1 aromatic heterocycles. The van der Waals surface area contributed by atoms with Crippen molar-refractivity contribution >= 4 is 29.1 Å². The lowest BCUT2D eigenvalue weighted by Gasteiger charge is -2.21. The van der Waals surface area contributed by atoms with E-state index in [1.54, 1.807) is 25.2 Å². The quantitative estimate of drug-likeness (QED) is 0.710. The molecule has 0 radical (unpaired) electrons. The van der Waals surface area contributed by atoms with Crippen molar-refractivity contribution in [3.8, 4) is 0 Å². The summed E-state index contributed by atoms with van der Waals surface area (Å²) in [5.41, 5.74) is 5.89. The molecule has 0 aliphatic heterocycles. The molecule has 0 saturated carbocycles. The molecule has 0 unspecified atom stereocenters. The first kappa shape index (κ1) is 18.4. The van der Waals surface area contributed by atoms with Crippen molar-refractivity contribution in [2.24, 2.45) is 11.3 Å². The fraction of sp³-hybridized carbons (Fsp3) is 0.588. The molecule has 0 aromatic carbocycles. The largest absolute Gasteiger partial charge is 0.481 e. The van der Waals surface area contributed by atoms with Gasteiger partial charge < -0.3 is 5.11 Å². The van der Waals surface area contributed by atoms with E-state index in [1.165, 1.54) is 4.88 Å². The van der Waals surface area contributed by atoms with Gasteiger partial charge in [-0.1, -0.05) is 20.8 Å². The van der Waals surface area contributed by atoms with Crippen LogP contribution in [0.4, 0.5) is 0 Å². The maximum atomic E-state index is 12.3. The Morgan fingerprint density at radius 2 is 2.00 bits per heavy atom. The van der Waals surface area contributed by atoms with Gasteiger partial charge in [-0.2, -0.15) is 0 Å². The van der Waals surface area contributed by atoms with Crippen LogP contribution in [-0.4, -0.2) is 22.9 Å². The van der Waals surface area contributed by atoms with Crippen LogP contribution in [0.3, 0.4) is 0 Å². The predicted octanol–water partition coefficient (Wildman–Crippen LogP) is 2.52. The van der Waals surface area contributed by atoms with Gasteiger partial charge in [-0.25, -0.2) is 0 Å². The molecule has 1 heterocycles. The number of nitrogens with one attached hydrogen (secondary N) is 2. The molecular weight excluding hydrogens is 328 g/mol. The van der Waals surface area contributed by atoms with E-state index >= 15 is 0 Å². The number of carbonyl (C=O) groups is 3. The van der Waals surface area contributed by atoms with Gasteiger partial charge in [0.25, 0.3) is 5.91 Å². The molecule has 132 valence electrons. The summed E-state index contributed by atoms with van der Waals surface area (Å²) in [7, 11) is 0. The Morgan fingerprint density at radius 3 is 2.67 bits per heavy atom. The standard InChI is InChI=1S/C17H24N2O4S/c1-10-4-5-11-12(9-24-13(11)6-10)16(23)19-18-14(20)7-17(2,3)8-15(21)22/h9-10H,4-8H2,1-3H3,(H,18,20)(H,19,23)(H,21,22)/t10-/m1/s1. The van der Waals surface area contributed by atoms with Crippen molar-refractivity contribution in [2.45, 2.75) is 52.9 Å². The second kappa shape index (κ2) is 7.34. The van der Waals surface area contributed by atoms with Crippen LogP contribution in [0.15, 0.2) is 5.38 Å². The number of carboxylic acid groups (broad SMARTS) is 1. The summed E-state index contributed by atoms with van der Waals surface area (Å²) < 4.78 is 0. The summed E-state index contributed by atoms with van der Waals surface area (Å²) in [4.78, 5) is 36.3. The Morgan fingerprint density at radius 1 is 1.29 bits per heavy atom. The summed E-state index contributed by atoms with van der Waals surface area (Å²) in [5.74, 6) is -1.02. The van der Waals surface area contributed by atoms with Gasteiger partial charge in [0.05, 0.1) is 12.0 Å². The third-order valence-electron chi connectivity index (χ3n) is 4.23. The maximum absolute atomic E-state index is 12.3. The highest BCUT2D eigenvalue weighted by Crippen LogP contribution is 2.32. The fourth-order valence-electron chi connectivity index (χ4n) is 3.01. The normalized spacial score (nSPS) is 17.0. The van der Waals surface area contributed by atoms with E-state index in [0.29, 0.717) is 11.5 Å². The molecule has 1 aromatic rings. The van der Waals surface area contributed by atoms with Gasteiger partial charge in [-0.3, -0.25) is 25.2 Å². The zero-order valence-electron chi connectivity index (χ0n) is 14.3. The Kier molecular flexibility index (Phi) is 5.64. The zero-order valence-corrected chi connectivity index (χ0v) is 15.1. The van der Waals surface area contributed by atoms with E-state index in [4.69, 9.17) is 5.11 Å². The van der Waals surface area contributed by atoms with Gasteiger partial charge in [0.1, 0.15) is 0 Å². The molecule has 1 atom stereocenters. The SMILES string of the molecule is C[C@@H]1CCc2c(C(=O)NNC(=O)CC(C)(C)CC(=O)O)csc2C1. The van der Waals surface area contributed by atoms with E-state index in [-0.39, 0.29) is 18.7 Å². The lowest BCUT2D eigenvalue weighted by Crippen LogP contribution is -2.43. The first-order chi connectivity index (χ1) is 11.2. The van der Waals surface area contributed by atoms with E-state index in [0.717, 1.165) is 24.8 Å². The van der Waals surface area contributed by atoms with Crippen molar-refractivity contribution in [2.75, 3.05) is 0 Å². The Labute approximate surface area is 145 Å². The first-order valence-corrected chi connectivity index (χ1v) is 8.96. The zero-order chi connectivity index (χ0) is 17.9. The Hall–Kier alpha value is -1.89. The van der Waals surface area contributed by atoms with Gasteiger partial charge in [-0.15, -0.1) is 11.3 Å². The summed E-state index contributed by atoms with van der Waals surface area (Å²) in [5, 5.41) is 10.7. The van der Waals surface area contributed by atoms with Gasteiger partial charge in [-0.05, 0) is 36.2 Å². The van der Waals surface area contributed by atoms with E-state index in [2.05, 4.69) is 17.8 Å². The molecule has 24 heavy (non-hydrogen) atoms. The number of thiophene rings is 1. The minimum absolute atomic E-state index is 0.0266. The highest BCUT2D eigenvalue weighted by atomic mass is 32.1. The third kappa shape index (κ3) is 4.80. The fourth-order valence-corrected chi connectivity index (χ4v) is 4.26. The summed E-state index contributed by atoms with van der Waals surface area (Å²) in [6.45, 7) is 5.62. The van der Waals surface area contributed by atoms with Gasteiger partial charge in [0, 0.05) is 16.7 Å². The number of hydrogen-bond donors (Lipinski definition) is 3. The molecule has 0 fully saturated rings. The third-order valence-corrected chi connectivity index (χ3v) is 5.28. The van der Waals surface area contributed by atoms with Crippen LogP contribution in [0.2, 0.25) is 0 Å². The topological polar surface area (TPSA) is 95.5 Å². The summed E-state index contributed by atoms with van der Waals surface area (Å²) >= 11 is 1.60. The summed E-state index contributed by atoms with van der Waals surface area (Å²) in [6.07, 6.45) is 2.88. The molecule has 7 heteroatoms. The van der Waals surface area contributed by atoms with Crippen molar-refractivity contribution < 1.29 is 19.5 Å². The Bertz CT molecular complexity index is 651. The lowest BCUT2D eigenvalue weighted by molar-refractivity contribution is -0.139. The highest BCUT2D eigenvalue weighted by Gasteiger charge is 2.26. The minimum atomic E-state index is -0.948. The van der Waals surface area contributed by atoms with E-state index in [9.17, 15) is 14.4 Å². The van der Waals surface area contributed by atoms with E-state index in [1.807, 2.05) is 5.38 Å². The van der Waals surface area contributed by atoms with Crippen molar-refractivity contribution in [3.05, 3.63) is 21.4 Å². The van der Waals surface area contributed by atoms with Crippen LogP contribution in [0.1, 0.15) is 60.8 Å². The molecule has 0 spiro atoms. The number of hydrogen-bond acceptors (Lipinski definition) is 4. The van der Waals surface area contributed by atoms with Gasteiger partial charge in [0.2, 0.25) is 5.91 Å². The number of fused-ring (bicyclic) bond motifs is 1.